The maximum atomic E-state index is 11.7. The third-order valence-electron chi connectivity index (χ3n) is 3.42. The van der Waals surface area contributed by atoms with Crippen molar-refractivity contribution in [1.82, 2.24) is 10.6 Å². The van der Waals surface area contributed by atoms with Crippen LogP contribution < -0.4 is 10.6 Å². The highest BCUT2D eigenvalue weighted by Gasteiger charge is 2.24. The highest BCUT2D eigenvalue weighted by atomic mass is 32.1. The van der Waals surface area contributed by atoms with E-state index in [0.717, 1.165) is 17.7 Å². The smallest absolute Gasteiger partial charge is 0.314 e. The first-order chi connectivity index (χ1) is 10.6. The van der Waals surface area contributed by atoms with Crippen LogP contribution in [0.5, 0.6) is 0 Å². The van der Waals surface area contributed by atoms with Gasteiger partial charge in [-0.2, -0.15) is 0 Å². The summed E-state index contributed by atoms with van der Waals surface area (Å²) in [6.07, 6.45) is 1.83. The lowest BCUT2D eigenvalue weighted by atomic mass is 10.1. The molecule has 1 atom stereocenters. The van der Waals surface area contributed by atoms with Gasteiger partial charge in [-0.15, -0.1) is 11.3 Å². The standard InChI is InChI=1S/C17H22N2O2S/c1-17(21,15-10-6-12-22-15)13-19-16(20)18-11-5-9-14-7-3-2-4-8-14/h2-4,6-8,10,12,21H,5,9,11,13H2,1H3,(H2,18,19,20)/t17-/m0/s1. The number of carbonyl (C=O) groups excluding carboxylic acids is 1. The predicted octanol–water partition coefficient (Wildman–Crippen LogP) is 2.89. The van der Waals surface area contributed by atoms with Gasteiger partial charge >= 0.3 is 6.03 Å². The summed E-state index contributed by atoms with van der Waals surface area (Å²) in [5.74, 6) is 0. The van der Waals surface area contributed by atoms with Crippen LogP contribution in [0.2, 0.25) is 0 Å². The molecule has 0 aliphatic carbocycles. The fourth-order valence-corrected chi connectivity index (χ4v) is 2.91. The normalized spacial score (nSPS) is 13.4. The van der Waals surface area contributed by atoms with Crippen LogP contribution in [-0.2, 0) is 12.0 Å². The van der Waals surface area contributed by atoms with E-state index >= 15 is 0 Å². The second-order valence-corrected chi connectivity index (χ2v) is 6.40. The zero-order valence-electron chi connectivity index (χ0n) is 12.7. The van der Waals surface area contributed by atoms with E-state index in [4.69, 9.17) is 0 Å². The second kappa shape index (κ2) is 7.96. The van der Waals surface area contributed by atoms with E-state index in [1.165, 1.54) is 16.9 Å². The molecule has 1 aromatic heterocycles. The fourth-order valence-electron chi connectivity index (χ4n) is 2.13. The van der Waals surface area contributed by atoms with Crippen LogP contribution in [-0.4, -0.2) is 24.2 Å². The molecule has 0 aliphatic rings. The number of nitrogens with one attached hydrogen (secondary N) is 2. The molecule has 0 fully saturated rings. The maximum Gasteiger partial charge on any atom is 0.314 e. The minimum atomic E-state index is -1.03. The molecule has 118 valence electrons. The number of urea groups is 1. The summed E-state index contributed by atoms with van der Waals surface area (Å²) in [5.41, 5.74) is 0.237. The van der Waals surface area contributed by atoms with E-state index in [-0.39, 0.29) is 12.6 Å². The molecule has 4 nitrogen and oxygen atoms in total. The van der Waals surface area contributed by atoms with E-state index in [1.54, 1.807) is 6.92 Å². The summed E-state index contributed by atoms with van der Waals surface area (Å²) in [7, 11) is 0. The molecule has 1 aromatic carbocycles. The van der Waals surface area contributed by atoms with E-state index in [0.29, 0.717) is 6.54 Å². The largest absolute Gasteiger partial charge is 0.383 e. The Morgan fingerprint density at radius 3 is 2.64 bits per heavy atom. The Labute approximate surface area is 135 Å². The van der Waals surface area contributed by atoms with E-state index < -0.39 is 5.60 Å². The van der Waals surface area contributed by atoms with Crippen molar-refractivity contribution in [3.63, 3.8) is 0 Å². The molecule has 2 amide bonds. The monoisotopic (exact) mass is 318 g/mol. The lowest BCUT2D eigenvalue weighted by Gasteiger charge is -2.22. The number of carbonyl (C=O) groups is 1. The molecule has 0 unspecified atom stereocenters. The van der Waals surface area contributed by atoms with E-state index in [9.17, 15) is 9.90 Å². The number of aryl methyl sites for hydroxylation is 1. The molecule has 0 saturated heterocycles. The quantitative estimate of drug-likeness (QED) is 0.687. The van der Waals surface area contributed by atoms with Crippen molar-refractivity contribution in [3.8, 4) is 0 Å². The highest BCUT2D eigenvalue weighted by molar-refractivity contribution is 7.10. The fraction of sp³-hybridized carbons (Fsp3) is 0.353. The molecule has 0 radical (unpaired) electrons. The Kier molecular flexibility index (Phi) is 5.98. The van der Waals surface area contributed by atoms with Gasteiger partial charge in [-0.3, -0.25) is 0 Å². The number of thiophene rings is 1. The summed E-state index contributed by atoms with van der Waals surface area (Å²) >= 11 is 1.48. The summed E-state index contributed by atoms with van der Waals surface area (Å²) < 4.78 is 0. The molecular weight excluding hydrogens is 296 g/mol. The first-order valence-electron chi connectivity index (χ1n) is 7.40. The first-order valence-corrected chi connectivity index (χ1v) is 8.28. The Morgan fingerprint density at radius 2 is 1.95 bits per heavy atom. The predicted molar refractivity (Wildman–Crippen MR) is 90.1 cm³/mol. The van der Waals surface area contributed by atoms with Crippen molar-refractivity contribution < 1.29 is 9.90 Å². The number of benzene rings is 1. The third-order valence-corrected chi connectivity index (χ3v) is 4.54. The molecule has 0 aliphatic heterocycles. The average Bonchev–Trinajstić information content (AvgIpc) is 3.06. The molecule has 0 spiro atoms. The number of hydrogen-bond acceptors (Lipinski definition) is 3. The van der Waals surface area contributed by atoms with Crippen LogP contribution in [0.3, 0.4) is 0 Å². The van der Waals surface area contributed by atoms with Gasteiger partial charge in [0.25, 0.3) is 0 Å². The summed E-state index contributed by atoms with van der Waals surface area (Å²) in [6, 6.07) is 13.7. The first kappa shape index (κ1) is 16.5. The van der Waals surface area contributed by atoms with Gasteiger partial charge in [-0.1, -0.05) is 36.4 Å². The Balaban J connectivity index is 1.64. The van der Waals surface area contributed by atoms with Crippen LogP contribution in [0.4, 0.5) is 4.79 Å². The molecule has 3 N–H and O–H groups in total. The van der Waals surface area contributed by atoms with Gasteiger partial charge in [0, 0.05) is 11.4 Å². The average molecular weight is 318 g/mol. The third kappa shape index (κ3) is 5.16. The van der Waals surface area contributed by atoms with Gasteiger partial charge in [-0.25, -0.2) is 4.79 Å². The molecule has 0 saturated carbocycles. The lowest BCUT2D eigenvalue weighted by Crippen LogP contribution is -2.43. The van der Waals surface area contributed by atoms with Crippen molar-refractivity contribution in [2.45, 2.75) is 25.4 Å². The van der Waals surface area contributed by atoms with Crippen molar-refractivity contribution in [1.29, 1.82) is 0 Å². The van der Waals surface area contributed by atoms with Crippen molar-refractivity contribution in [2.24, 2.45) is 0 Å². The van der Waals surface area contributed by atoms with Gasteiger partial charge in [-0.05, 0) is 36.8 Å². The van der Waals surface area contributed by atoms with Crippen LogP contribution in [0.15, 0.2) is 47.8 Å². The van der Waals surface area contributed by atoms with Gasteiger partial charge in [0.1, 0.15) is 5.60 Å². The topological polar surface area (TPSA) is 61.4 Å². The summed E-state index contributed by atoms with van der Waals surface area (Å²) in [5, 5.41) is 17.8. The van der Waals surface area contributed by atoms with Crippen LogP contribution in [0.1, 0.15) is 23.8 Å². The number of hydrogen-bond donors (Lipinski definition) is 3. The molecule has 5 heteroatoms. The minimum absolute atomic E-state index is 0.192. The van der Waals surface area contributed by atoms with Gasteiger partial charge in [0.05, 0.1) is 6.54 Å². The molecule has 1 heterocycles. The van der Waals surface area contributed by atoms with E-state index in [1.807, 2.05) is 35.7 Å². The number of rotatable bonds is 7. The molecule has 2 aromatic rings. The highest BCUT2D eigenvalue weighted by Crippen LogP contribution is 2.24. The van der Waals surface area contributed by atoms with Crippen molar-refractivity contribution in [2.75, 3.05) is 13.1 Å². The van der Waals surface area contributed by atoms with Crippen LogP contribution in [0.25, 0.3) is 0 Å². The maximum absolute atomic E-state index is 11.7. The van der Waals surface area contributed by atoms with Gasteiger partial charge in [0.15, 0.2) is 0 Å². The van der Waals surface area contributed by atoms with Crippen molar-refractivity contribution >= 4 is 17.4 Å². The number of aliphatic hydroxyl groups is 1. The SMILES string of the molecule is C[C@](O)(CNC(=O)NCCCc1ccccc1)c1cccs1. The van der Waals surface area contributed by atoms with Gasteiger partial charge in [0.2, 0.25) is 0 Å². The second-order valence-electron chi connectivity index (χ2n) is 5.45. The van der Waals surface area contributed by atoms with Crippen molar-refractivity contribution in [3.05, 3.63) is 58.3 Å². The zero-order valence-corrected chi connectivity index (χ0v) is 13.5. The van der Waals surface area contributed by atoms with Crippen LogP contribution in [0, 0.1) is 0 Å². The zero-order chi connectivity index (χ0) is 15.8. The number of amides is 2. The molecular formula is C17H22N2O2S. The minimum Gasteiger partial charge on any atom is -0.383 e. The van der Waals surface area contributed by atoms with E-state index in [2.05, 4.69) is 22.8 Å². The Hall–Kier alpha value is -1.85. The van der Waals surface area contributed by atoms with Gasteiger partial charge < -0.3 is 15.7 Å². The lowest BCUT2D eigenvalue weighted by molar-refractivity contribution is 0.0631. The summed E-state index contributed by atoms with van der Waals surface area (Å²) in [6.45, 7) is 2.51. The Morgan fingerprint density at radius 1 is 1.18 bits per heavy atom. The Bertz CT molecular complexity index is 568. The molecule has 0 bridgehead atoms. The molecule has 2 rings (SSSR count). The summed E-state index contributed by atoms with van der Waals surface area (Å²) in [4.78, 5) is 12.6. The molecule has 22 heavy (non-hydrogen) atoms. The van der Waals surface area contributed by atoms with Crippen LogP contribution >= 0.6 is 11.3 Å².